The molecule has 1 fully saturated rings. The fraction of sp³-hybridized carbons (Fsp3) is 0.250. The van der Waals surface area contributed by atoms with Crippen LogP contribution in [-0.2, 0) is 18.4 Å². The van der Waals surface area contributed by atoms with Gasteiger partial charge in [-0.15, -0.1) is 0 Å². The van der Waals surface area contributed by atoms with Crippen molar-refractivity contribution in [3.63, 3.8) is 0 Å². The van der Waals surface area contributed by atoms with E-state index in [0.717, 1.165) is 18.4 Å². The molecule has 8 heteroatoms. The molecule has 0 bridgehead atoms. The quantitative estimate of drug-likeness (QED) is 0.634. The van der Waals surface area contributed by atoms with Gasteiger partial charge in [0.25, 0.3) is 0 Å². The zero-order valence-electron chi connectivity index (χ0n) is 15.4. The molecule has 0 radical (unpaired) electrons. The number of aromatic nitrogens is 2. The minimum atomic E-state index is -0.300. The number of rotatable bonds is 5. The summed E-state index contributed by atoms with van der Waals surface area (Å²) >= 11 is 0. The van der Waals surface area contributed by atoms with Crippen molar-refractivity contribution in [2.75, 3.05) is 10.6 Å². The predicted molar refractivity (Wildman–Crippen MR) is 107 cm³/mol. The first kappa shape index (κ1) is 17.8. The third-order valence-electron chi connectivity index (χ3n) is 4.69. The molecule has 0 saturated heterocycles. The second-order valence-corrected chi connectivity index (χ2v) is 6.91. The van der Waals surface area contributed by atoms with E-state index in [1.807, 2.05) is 24.3 Å². The number of carbonyl (C=O) groups is 2. The van der Waals surface area contributed by atoms with E-state index in [-0.39, 0.29) is 30.2 Å². The Balaban J connectivity index is 1.41. The average Bonchev–Trinajstić information content (AvgIpc) is 3.46. The van der Waals surface area contributed by atoms with E-state index in [1.165, 1.54) is 9.13 Å². The highest BCUT2D eigenvalue weighted by Gasteiger charge is 2.23. The van der Waals surface area contributed by atoms with Gasteiger partial charge < -0.3 is 16.0 Å². The van der Waals surface area contributed by atoms with Crippen molar-refractivity contribution >= 4 is 34.3 Å². The van der Waals surface area contributed by atoms with Crippen LogP contribution >= 0.6 is 0 Å². The van der Waals surface area contributed by atoms with Crippen LogP contribution in [0.25, 0.3) is 11.0 Å². The molecule has 3 N–H and O–H groups in total. The molecule has 0 spiro atoms. The molecule has 28 heavy (non-hydrogen) atoms. The minimum Gasteiger partial charge on any atom is -0.335 e. The normalized spacial score (nSPS) is 13.3. The summed E-state index contributed by atoms with van der Waals surface area (Å²) in [4.78, 5) is 36.6. The number of urea groups is 1. The Hall–Kier alpha value is -3.55. The van der Waals surface area contributed by atoms with Gasteiger partial charge in [0.05, 0.1) is 11.0 Å². The lowest BCUT2D eigenvalue weighted by Crippen LogP contribution is -2.30. The highest BCUT2D eigenvalue weighted by atomic mass is 16.2. The van der Waals surface area contributed by atoms with Crippen molar-refractivity contribution in [2.45, 2.75) is 25.4 Å². The second-order valence-electron chi connectivity index (χ2n) is 6.91. The Morgan fingerprint density at radius 2 is 1.57 bits per heavy atom. The number of carbonyl (C=O) groups excluding carboxylic acids is 2. The van der Waals surface area contributed by atoms with Crippen LogP contribution in [0.3, 0.4) is 0 Å². The topological polar surface area (TPSA) is 97.2 Å². The molecular weight excluding hydrogens is 358 g/mol. The van der Waals surface area contributed by atoms with Gasteiger partial charge in [0, 0.05) is 24.5 Å². The van der Waals surface area contributed by atoms with Crippen LogP contribution in [0.2, 0.25) is 0 Å². The number of nitrogens with one attached hydrogen (secondary N) is 3. The van der Waals surface area contributed by atoms with Crippen LogP contribution in [0.4, 0.5) is 16.2 Å². The molecule has 3 aromatic rings. The Morgan fingerprint density at radius 3 is 2.21 bits per heavy atom. The number of fused-ring (bicyclic) bond motifs is 1. The molecule has 1 saturated carbocycles. The van der Waals surface area contributed by atoms with Gasteiger partial charge >= 0.3 is 11.7 Å². The fourth-order valence-electron chi connectivity index (χ4n) is 3.08. The van der Waals surface area contributed by atoms with Gasteiger partial charge in [0.15, 0.2) is 0 Å². The van der Waals surface area contributed by atoms with Gasteiger partial charge in [0.2, 0.25) is 5.91 Å². The molecule has 1 aliphatic carbocycles. The lowest BCUT2D eigenvalue weighted by Gasteiger charge is -2.09. The van der Waals surface area contributed by atoms with E-state index in [2.05, 4.69) is 16.0 Å². The summed E-state index contributed by atoms with van der Waals surface area (Å²) in [6.07, 6.45) is 2.05. The molecule has 3 amide bonds. The molecule has 1 aromatic heterocycles. The lowest BCUT2D eigenvalue weighted by atomic mass is 10.2. The minimum absolute atomic E-state index is 0.0794. The molecule has 8 nitrogen and oxygen atoms in total. The zero-order valence-corrected chi connectivity index (χ0v) is 15.4. The molecule has 0 atom stereocenters. The maximum Gasteiger partial charge on any atom is 0.329 e. The van der Waals surface area contributed by atoms with Gasteiger partial charge in [0.1, 0.15) is 6.54 Å². The first-order valence-electron chi connectivity index (χ1n) is 9.13. The number of amides is 3. The Labute approximate surface area is 161 Å². The second kappa shape index (κ2) is 7.22. The van der Waals surface area contributed by atoms with Crippen molar-refractivity contribution in [3.05, 3.63) is 59.0 Å². The number of hydrogen-bond donors (Lipinski definition) is 3. The van der Waals surface area contributed by atoms with Gasteiger partial charge in [-0.1, -0.05) is 12.1 Å². The molecule has 0 unspecified atom stereocenters. The molecular formula is C20H21N5O3. The van der Waals surface area contributed by atoms with Gasteiger partial charge in [-0.25, -0.2) is 9.59 Å². The summed E-state index contributed by atoms with van der Waals surface area (Å²) in [5.74, 6) is -0.300. The van der Waals surface area contributed by atoms with Gasteiger partial charge in [-0.3, -0.25) is 13.9 Å². The number of hydrogen-bond acceptors (Lipinski definition) is 3. The molecule has 0 aliphatic heterocycles. The van der Waals surface area contributed by atoms with E-state index in [9.17, 15) is 14.4 Å². The average molecular weight is 379 g/mol. The van der Waals surface area contributed by atoms with Crippen molar-refractivity contribution in [1.29, 1.82) is 0 Å². The molecule has 144 valence electrons. The summed E-state index contributed by atoms with van der Waals surface area (Å²) in [6.45, 7) is -0.0794. The Bertz CT molecular complexity index is 1090. The molecule has 2 aromatic carbocycles. The first-order chi connectivity index (χ1) is 13.5. The molecule has 1 aliphatic rings. The Kier molecular flexibility index (Phi) is 4.60. The fourth-order valence-corrected chi connectivity index (χ4v) is 3.08. The number of aryl methyl sites for hydroxylation is 1. The Morgan fingerprint density at radius 1 is 0.964 bits per heavy atom. The maximum absolute atomic E-state index is 12.4. The van der Waals surface area contributed by atoms with Crippen LogP contribution in [-0.4, -0.2) is 27.1 Å². The summed E-state index contributed by atoms with van der Waals surface area (Å²) in [6, 6.07) is 14.2. The van der Waals surface area contributed by atoms with E-state index < -0.39 is 0 Å². The SMILES string of the molecule is Cn1c(=O)n(CC(=O)Nc2ccc(NC(=O)NC3CC3)cc2)c2ccccc21. The highest BCUT2D eigenvalue weighted by molar-refractivity contribution is 5.93. The van der Waals surface area contributed by atoms with Gasteiger partial charge in [-0.05, 0) is 49.2 Å². The summed E-state index contributed by atoms with van der Waals surface area (Å²) < 4.78 is 2.97. The number of imidazole rings is 1. The third-order valence-corrected chi connectivity index (χ3v) is 4.69. The van der Waals surface area contributed by atoms with E-state index >= 15 is 0 Å². The maximum atomic E-state index is 12.4. The number of anilines is 2. The van der Waals surface area contributed by atoms with Crippen molar-refractivity contribution < 1.29 is 9.59 Å². The summed E-state index contributed by atoms with van der Waals surface area (Å²) in [5, 5.41) is 8.38. The van der Waals surface area contributed by atoms with E-state index in [1.54, 1.807) is 31.3 Å². The van der Waals surface area contributed by atoms with Crippen molar-refractivity contribution in [2.24, 2.45) is 7.05 Å². The number of para-hydroxylation sites is 2. The first-order valence-corrected chi connectivity index (χ1v) is 9.13. The van der Waals surface area contributed by atoms with Crippen LogP contribution in [0, 0.1) is 0 Å². The third kappa shape index (κ3) is 3.75. The van der Waals surface area contributed by atoms with Crippen LogP contribution < -0.4 is 21.6 Å². The largest absolute Gasteiger partial charge is 0.335 e. The zero-order chi connectivity index (χ0) is 19.7. The lowest BCUT2D eigenvalue weighted by molar-refractivity contribution is -0.116. The van der Waals surface area contributed by atoms with Crippen molar-refractivity contribution in [1.82, 2.24) is 14.5 Å². The smallest absolute Gasteiger partial charge is 0.329 e. The summed E-state index contributed by atoms with van der Waals surface area (Å²) in [7, 11) is 1.68. The van der Waals surface area contributed by atoms with Crippen LogP contribution in [0.15, 0.2) is 53.3 Å². The monoisotopic (exact) mass is 379 g/mol. The summed E-state index contributed by atoms with van der Waals surface area (Å²) in [5.41, 5.74) is 2.48. The predicted octanol–water partition coefficient (Wildman–Crippen LogP) is 2.26. The number of benzene rings is 2. The van der Waals surface area contributed by atoms with Gasteiger partial charge in [-0.2, -0.15) is 0 Å². The van der Waals surface area contributed by atoms with Crippen LogP contribution in [0.1, 0.15) is 12.8 Å². The molecule has 1 heterocycles. The van der Waals surface area contributed by atoms with E-state index in [4.69, 9.17) is 0 Å². The highest BCUT2D eigenvalue weighted by Crippen LogP contribution is 2.19. The van der Waals surface area contributed by atoms with E-state index in [0.29, 0.717) is 16.9 Å². The van der Waals surface area contributed by atoms with Crippen LogP contribution in [0.5, 0.6) is 0 Å². The van der Waals surface area contributed by atoms with Crippen molar-refractivity contribution in [3.8, 4) is 0 Å². The molecule has 4 rings (SSSR count). The standard InChI is InChI=1S/C20H21N5O3/c1-24-16-4-2-3-5-17(16)25(20(24)28)12-18(26)21-13-6-8-14(9-7-13)22-19(27)23-15-10-11-15/h2-9,15H,10-12H2,1H3,(H,21,26)(H2,22,23,27). The number of nitrogens with zero attached hydrogens (tertiary/aromatic N) is 2.